The van der Waals surface area contributed by atoms with Crippen LogP contribution in [0.5, 0.6) is 5.75 Å². The number of fused-ring (bicyclic) bond motifs is 1. The Morgan fingerprint density at radius 3 is 2.27 bits per heavy atom. The van der Waals surface area contributed by atoms with Gasteiger partial charge < -0.3 is 15.2 Å². The lowest BCUT2D eigenvalue weighted by Crippen LogP contribution is -2.59. The zero-order valence-electron chi connectivity index (χ0n) is 21.3. The van der Waals surface area contributed by atoms with Gasteiger partial charge in [0.05, 0.1) is 17.5 Å². The Hall–Kier alpha value is -3.75. The normalized spacial score (nSPS) is 14.9. The predicted octanol–water partition coefficient (Wildman–Crippen LogP) is 3.03. The van der Waals surface area contributed by atoms with Crippen molar-refractivity contribution in [2.24, 2.45) is 5.73 Å². The standard InChI is InChI=1S/C29H33N3O5/c1-29(2,28(30)35)32-16-14-31(15-17-32)18-19-36-27(34)22-10-12-24(13-11-22)37-26(33)20-23-8-5-7-21-6-3-4-9-25(21)23/h3-13H,14-20H2,1-2H3,(H2,30,35). The zero-order valence-corrected chi connectivity index (χ0v) is 21.3. The van der Waals surface area contributed by atoms with Gasteiger partial charge in [-0.2, -0.15) is 0 Å². The van der Waals surface area contributed by atoms with Crippen molar-refractivity contribution in [2.75, 3.05) is 39.3 Å². The molecule has 1 aliphatic rings. The van der Waals surface area contributed by atoms with Gasteiger partial charge in [0.2, 0.25) is 5.91 Å². The van der Waals surface area contributed by atoms with Crippen molar-refractivity contribution in [3.05, 3.63) is 77.9 Å². The first kappa shape index (κ1) is 26.3. The van der Waals surface area contributed by atoms with E-state index in [1.807, 2.05) is 56.3 Å². The Balaban J connectivity index is 1.21. The second-order valence-corrected chi connectivity index (χ2v) is 9.70. The molecule has 2 N–H and O–H groups in total. The van der Waals surface area contributed by atoms with Gasteiger partial charge in [-0.25, -0.2) is 4.79 Å². The van der Waals surface area contributed by atoms with Crippen molar-refractivity contribution in [1.29, 1.82) is 0 Å². The molecule has 1 saturated heterocycles. The Kier molecular flexibility index (Phi) is 8.21. The minimum absolute atomic E-state index is 0.152. The molecule has 1 fully saturated rings. The van der Waals surface area contributed by atoms with E-state index in [2.05, 4.69) is 9.80 Å². The van der Waals surface area contributed by atoms with Crippen LogP contribution in [0.3, 0.4) is 0 Å². The number of carbonyl (C=O) groups excluding carboxylic acids is 3. The lowest BCUT2D eigenvalue weighted by atomic mass is 10.0. The van der Waals surface area contributed by atoms with E-state index in [0.717, 1.165) is 42.5 Å². The molecule has 8 nitrogen and oxygen atoms in total. The lowest BCUT2D eigenvalue weighted by molar-refractivity contribution is -0.133. The van der Waals surface area contributed by atoms with Crippen LogP contribution in [0.2, 0.25) is 0 Å². The van der Waals surface area contributed by atoms with Crippen LogP contribution >= 0.6 is 0 Å². The van der Waals surface area contributed by atoms with Crippen LogP contribution in [0.15, 0.2) is 66.7 Å². The van der Waals surface area contributed by atoms with Gasteiger partial charge in [-0.15, -0.1) is 0 Å². The average molecular weight is 504 g/mol. The summed E-state index contributed by atoms with van der Waals surface area (Å²) in [4.78, 5) is 40.9. The first-order valence-electron chi connectivity index (χ1n) is 12.5. The Labute approximate surface area is 216 Å². The topological polar surface area (TPSA) is 102 Å². The molecule has 0 spiro atoms. The summed E-state index contributed by atoms with van der Waals surface area (Å²) in [6, 6.07) is 20.1. The quantitative estimate of drug-likeness (QED) is 0.354. The molecule has 1 heterocycles. The largest absolute Gasteiger partial charge is 0.461 e. The SMILES string of the molecule is CC(C)(C(N)=O)N1CCN(CCOC(=O)c2ccc(OC(=O)Cc3cccc4ccccc34)cc2)CC1. The van der Waals surface area contributed by atoms with Crippen molar-refractivity contribution in [2.45, 2.75) is 25.8 Å². The van der Waals surface area contributed by atoms with E-state index in [-0.39, 0.29) is 24.9 Å². The number of hydrogen-bond donors (Lipinski definition) is 1. The highest BCUT2D eigenvalue weighted by atomic mass is 16.5. The number of rotatable bonds is 9. The summed E-state index contributed by atoms with van der Waals surface area (Å²) in [6.07, 6.45) is 0.152. The maximum absolute atomic E-state index is 12.5. The summed E-state index contributed by atoms with van der Waals surface area (Å²) in [5.41, 5.74) is 6.13. The minimum Gasteiger partial charge on any atom is -0.461 e. The van der Waals surface area contributed by atoms with Gasteiger partial charge in [-0.3, -0.25) is 19.4 Å². The van der Waals surface area contributed by atoms with E-state index in [0.29, 0.717) is 17.9 Å². The van der Waals surface area contributed by atoms with Gasteiger partial charge in [-0.05, 0) is 54.4 Å². The molecule has 3 aromatic carbocycles. The third kappa shape index (κ3) is 6.53. The molecule has 0 saturated carbocycles. The summed E-state index contributed by atoms with van der Waals surface area (Å²) in [5, 5.41) is 2.10. The fourth-order valence-electron chi connectivity index (χ4n) is 4.47. The van der Waals surface area contributed by atoms with Gasteiger partial charge in [0.1, 0.15) is 12.4 Å². The number of esters is 2. The van der Waals surface area contributed by atoms with Crippen LogP contribution in [-0.2, 0) is 20.7 Å². The Morgan fingerprint density at radius 2 is 1.57 bits per heavy atom. The van der Waals surface area contributed by atoms with Crippen molar-refractivity contribution in [3.8, 4) is 5.75 Å². The molecule has 37 heavy (non-hydrogen) atoms. The van der Waals surface area contributed by atoms with Gasteiger partial charge in [0, 0.05) is 32.7 Å². The number of nitrogens with zero attached hydrogens (tertiary/aromatic N) is 2. The monoisotopic (exact) mass is 503 g/mol. The average Bonchev–Trinajstić information content (AvgIpc) is 2.89. The number of ether oxygens (including phenoxy) is 2. The van der Waals surface area contributed by atoms with Crippen LogP contribution in [0.4, 0.5) is 0 Å². The van der Waals surface area contributed by atoms with Crippen LogP contribution in [0.25, 0.3) is 10.8 Å². The number of benzene rings is 3. The van der Waals surface area contributed by atoms with E-state index in [9.17, 15) is 14.4 Å². The Bertz CT molecular complexity index is 1260. The van der Waals surface area contributed by atoms with Crippen molar-refractivity contribution >= 4 is 28.6 Å². The molecule has 0 aliphatic carbocycles. The predicted molar refractivity (Wildman–Crippen MR) is 141 cm³/mol. The van der Waals surface area contributed by atoms with Crippen molar-refractivity contribution in [1.82, 2.24) is 9.80 Å². The molecule has 0 bridgehead atoms. The van der Waals surface area contributed by atoms with Gasteiger partial charge in [0.15, 0.2) is 0 Å². The smallest absolute Gasteiger partial charge is 0.338 e. The van der Waals surface area contributed by atoms with Crippen LogP contribution in [-0.4, -0.2) is 72.5 Å². The molecule has 0 radical (unpaired) electrons. The number of nitrogens with two attached hydrogens (primary N) is 1. The molecule has 194 valence electrons. The van der Waals surface area contributed by atoms with Crippen LogP contribution in [0, 0.1) is 0 Å². The molecule has 8 heteroatoms. The molecule has 0 aromatic heterocycles. The molecule has 3 aromatic rings. The second-order valence-electron chi connectivity index (χ2n) is 9.70. The molecular weight excluding hydrogens is 470 g/mol. The zero-order chi connectivity index (χ0) is 26.4. The van der Waals surface area contributed by atoms with Crippen LogP contribution < -0.4 is 10.5 Å². The molecule has 4 rings (SSSR count). The minimum atomic E-state index is -0.672. The number of carbonyl (C=O) groups is 3. The maximum atomic E-state index is 12.5. The lowest BCUT2D eigenvalue weighted by Gasteiger charge is -2.42. The molecule has 0 unspecified atom stereocenters. The third-order valence-corrected chi connectivity index (χ3v) is 6.94. The molecule has 1 aliphatic heterocycles. The van der Waals surface area contributed by atoms with Crippen LogP contribution in [0.1, 0.15) is 29.8 Å². The number of primary amides is 1. The van der Waals surface area contributed by atoms with E-state index < -0.39 is 11.5 Å². The summed E-state index contributed by atoms with van der Waals surface area (Å²) < 4.78 is 10.9. The fraction of sp³-hybridized carbons (Fsp3) is 0.345. The highest BCUT2D eigenvalue weighted by molar-refractivity contribution is 5.90. The number of hydrogen-bond acceptors (Lipinski definition) is 7. The van der Waals surface area contributed by atoms with E-state index in [1.165, 1.54) is 0 Å². The Morgan fingerprint density at radius 1 is 0.892 bits per heavy atom. The highest BCUT2D eigenvalue weighted by Crippen LogP contribution is 2.21. The van der Waals surface area contributed by atoms with Gasteiger partial charge in [0.25, 0.3) is 0 Å². The molecule has 0 atom stereocenters. The number of piperazine rings is 1. The number of amides is 1. The summed E-state index contributed by atoms with van der Waals surface area (Å²) in [7, 11) is 0. The van der Waals surface area contributed by atoms with Gasteiger partial charge in [-0.1, -0.05) is 42.5 Å². The van der Waals surface area contributed by atoms with Crippen molar-refractivity contribution in [3.63, 3.8) is 0 Å². The van der Waals surface area contributed by atoms with E-state index >= 15 is 0 Å². The van der Waals surface area contributed by atoms with Crippen molar-refractivity contribution < 1.29 is 23.9 Å². The van der Waals surface area contributed by atoms with E-state index in [4.69, 9.17) is 15.2 Å². The first-order valence-corrected chi connectivity index (χ1v) is 12.5. The first-order chi connectivity index (χ1) is 17.7. The maximum Gasteiger partial charge on any atom is 0.338 e. The summed E-state index contributed by atoms with van der Waals surface area (Å²) in [5.74, 6) is -0.757. The molecule has 1 amide bonds. The second kappa shape index (κ2) is 11.5. The highest BCUT2D eigenvalue weighted by Gasteiger charge is 2.34. The third-order valence-electron chi connectivity index (χ3n) is 6.94. The van der Waals surface area contributed by atoms with E-state index in [1.54, 1.807) is 24.3 Å². The summed E-state index contributed by atoms with van der Waals surface area (Å²) in [6.45, 7) is 7.55. The summed E-state index contributed by atoms with van der Waals surface area (Å²) >= 11 is 0. The fourth-order valence-corrected chi connectivity index (χ4v) is 4.47. The van der Waals surface area contributed by atoms with Gasteiger partial charge >= 0.3 is 11.9 Å². The molecular formula is C29H33N3O5.